The Hall–Kier alpha value is -2.18. The molecular formula is C21H26N2O3S. The van der Waals surface area contributed by atoms with Gasteiger partial charge >= 0.3 is 0 Å². The highest BCUT2D eigenvalue weighted by Gasteiger charge is 2.33. The molecular weight excluding hydrogens is 360 g/mol. The number of carbonyl (C=O) groups is 1. The summed E-state index contributed by atoms with van der Waals surface area (Å²) >= 11 is 0. The number of sulfonamides is 1. The van der Waals surface area contributed by atoms with Gasteiger partial charge < -0.3 is 5.32 Å². The molecule has 0 aliphatic carbocycles. The Kier molecular flexibility index (Phi) is 5.97. The molecule has 0 aromatic heterocycles. The van der Waals surface area contributed by atoms with Gasteiger partial charge in [-0.3, -0.25) is 4.79 Å². The second kappa shape index (κ2) is 8.23. The summed E-state index contributed by atoms with van der Waals surface area (Å²) in [5.41, 5.74) is 3.09. The Morgan fingerprint density at radius 1 is 1.11 bits per heavy atom. The summed E-state index contributed by atoms with van der Waals surface area (Å²) in [6, 6.07) is 15.0. The van der Waals surface area contributed by atoms with E-state index in [0.717, 1.165) is 16.7 Å². The molecule has 144 valence electrons. The minimum absolute atomic E-state index is 0.0331. The van der Waals surface area contributed by atoms with Gasteiger partial charge in [0.05, 0.1) is 4.90 Å². The molecule has 1 aliphatic heterocycles. The lowest BCUT2D eigenvalue weighted by Gasteiger charge is -2.17. The normalized spacial score (nSPS) is 17.8. The van der Waals surface area contributed by atoms with E-state index in [0.29, 0.717) is 37.4 Å². The Balaban J connectivity index is 1.56. The first-order chi connectivity index (χ1) is 12.9. The summed E-state index contributed by atoms with van der Waals surface area (Å²) in [7, 11) is -3.50. The Morgan fingerprint density at radius 2 is 1.85 bits per heavy atom. The van der Waals surface area contributed by atoms with Crippen LogP contribution in [0.25, 0.3) is 0 Å². The number of nitrogens with one attached hydrogen (secondary N) is 1. The SMILES string of the molecule is Cc1ccc(S(=O)(=O)N2CC[C@H](CC(=O)NCc3ccccc3)C2)cc1C. The molecule has 1 heterocycles. The summed E-state index contributed by atoms with van der Waals surface area (Å²) < 4.78 is 27.2. The molecule has 1 atom stereocenters. The Labute approximate surface area is 161 Å². The third-order valence-corrected chi connectivity index (χ3v) is 7.03. The molecule has 0 saturated carbocycles. The van der Waals surface area contributed by atoms with Crippen LogP contribution in [0, 0.1) is 19.8 Å². The minimum Gasteiger partial charge on any atom is -0.352 e. The van der Waals surface area contributed by atoms with E-state index in [-0.39, 0.29) is 11.8 Å². The molecule has 5 nitrogen and oxygen atoms in total. The van der Waals surface area contributed by atoms with Gasteiger partial charge in [-0.1, -0.05) is 36.4 Å². The van der Waals surface area contributed by atoms with Gasteiger partial charge in [0.15, 0.2) is 0 Å². The van der Waals surface area contributed by atoms with Crippen molar-refractivity contribution in [1.29, 1.82) is 0 Å². The lowest BCUT2D eigenvalue weighted by Crippen LogP contribution is -2.30. The van der Waals surface area contributed by atoms with Gasteiger partial charge in [-0.15, -0.1) is 0 Å². The monoisotopic (exact) mass is 386 g/mol. The number of nitrogens with zero attached hydrogens (tertiary/aromatic N) is 1. The fourth-order valence-corrected chi connectivity index (χ4v) is 4.95. The van der Waals surface area contributed by atoms with Gasteiger partial charge in [-0.25, -0.2) is 8.42 Å². The largest absolute Gasteiger partial charge is 0.352 e. The maximum atomic E-state index is 12.9. The van der Waals surface area contributed by atoms with Gasteiger partial charge in [0.2, 0.25) is 15.9 Å². The summed E-state index contributed by atoms with van der Waals surface area (Å²) in [4.78, 5) is 12.5. The number of hydrogen-bond donors (Lipinski definition) is 1. The van der Waals surface area contributed by atoms with Crippen LogP contribution in [0.5, 0.6) is 0 Å². The van der Waals surface area contributed by atoms with E-state index in [1.165, 1.54) is 4.31 Å². The third-order valence-electron chi connectivity index (χ3n) is 5.17. The van der Waals surface area contributed by atoms with Crippen molar-refractivity contribution in [2.45, 2.75) is 38.1 Å². The smallest absolute Gasteiger partial charge is 0.243 e. The number of rotatable bonds is 6. The predicted molar refractivity (Wildman–Crippen MR) is 106 cm³/mol. The van der Waals surface area contributed by atoms with E-state index in [9.17, 15) is 13.2 Å². The maximum absolute atomic E-state index is 12.9. The van der Waals surface area contributed by atoms with Crippen molar-refractivity contribution in [2.75, 3.05) is 13.1 Å². The van der Waals surface area contributed by atoms with Gasteiger partial charge in [0.1, 0.15) is 0 Å². The molecule has 1 fully saturated rings. The number of hydrogen-bond acceptors (Lipinski definition) is 3. The van der Waals surface area contributed by atoms with Crippen LogP contribution in [-0.4, -0.2) is 31.7 Å². The lowest BCUT2D eigenvalue weighted by molar-refractivity contribution is -0.122. The molecule has 27 heavy (non-hydrogen) atoms. The molecule has 0 spiro atoms. The Bertz CT molecular complexity index is 910. The van der Waals surface area contributed by atoms with Crippen LogP contribution in [0.3, 0.4) is 0 Å². The summed E-state index contributed by atoms with van der Waals surface area (Å²) in [6.07, 6.45) is 1.06. The zero-order valence-corrected chi connectivity index (χ0v) is 16.6. The molecule has 1 aliphatic rings. The van der Waals surface area contributed by atoms with Gasteiger partial charge in [0, 0.05) is 26.1 Å². The summed E-state index contributed by atoms with van der Waals surface area (Å²) in [6.45, 7) is 5.24. The molecule has 1 N–H and O–H groups in total. The quantitative estimate of drug-likeness (QED) is 0.830. The highest BCUT2D eigenvalue weighted by molar-refractivity contribution is 7.89. The van der Waals surface area contributed by atoms with Crippen LogP contribution < -0.4 is 5.32 Å². The molecule has 3 rings (SSSR count). The number of carbonyl (C=O) groups excluding carboxylic acids is 1. The first kappa shape index (κ1) is 19.6. The van der Waals surface area contributed by atoms with Crippen molar-refractivity contribution >= 4 is 15.9 Å². The van der Waals surface area contributed by atoms with Crippen molar-refractivity contribution in [3.63, 3.8) is 0 Å². The zero-order valence-electron chi connectivity index (χ0n) is 15.8. The number of amides is 1. The van der Waals surface area contributed by atoms with E-state index >= 15 is 0 Å². The first-order valence-corrected chi connectivity index (χ1v) is 10.7. The third kappa shape index (κ3) is 4.76. The molecule has 2 aromatic carbocycles. The zero-order chi connectivity index (χ0) is 19.4. The fourth-order valence-electron chi connectivity index (χ4n) is 3.34. The molecule has 1 saturated heterocycles. The molecule has 2 aromatic rings. The van der Waals surface area contributed by atoms with E-state index < -0.39 is 10.0 Å². The average Bonchev–Trinajstić information content (AvgIpc) is 3.12. The van der Waals surface area contributed by atoms with Gasteiger partial charge in [-0.05, 0) is 55.0 Å². The average molecular weight is 387 g/mol. The highest BCUT2D eigenvalue weighted by Crippen LogP contribution is 2.27. The predicted octanol–water partition coefficient (Wildman–Crippen LogP) is 3.02. The van der Waals surface area contributed by atoms with Gasteiger partial charge in [-0.2, -0.15) is 4.31 Å². The summed E-state index contributed by atoms with van der Waals surface area (Å²) in [5.74, 6) is 0.0244. The fraction of sp³-hybridized carbons (Fsp3) is 0.381. The van der Waals surface area contributed by atoms with Crippen molar-refractivity contribution in [3.8, 4) is 0 Å². The number of benzene rings is 2. The van der Waals surface area contributed by atoms with Crippen molar-refractivity contribution in [3.05, 3.63) is 65.2 Å². The van der Waals surface area contributed by atoms with Gasteiger partial charge in [0.25, 0.3) is 0 Å². The van der Waals surface area contributed by atoms with Crippen molar-refractivity contribution in [2.24, 2.45) is 5.92 Å². The van der Waals surface area contributed by atoms with E-state index in [1.54, 1.807) is 12.1 Å². The Morgan fingerprint density at radius 3 is 2.56 bits per heavy atom. The number of aryl methyl sites for hydroxylation is 2. The minimum atomic E-state index is -3.50. The maximum Gasteiger partial charge on any atom is 0.243 e. The lowest BCUT2D eigenvalue weighted by atomic mass is 10.0. The van der Waals surface area contributed by atoms with Crippen LogP contribution in [-0.2, 0) is 21.4 Å². The molecule has 6 heteroatoms. The second-order valence-electron chi connectivity index (χ2n) is 7.23. The van der Waals surface area contributed by atoms with Crippen molar-refractivity contribution in [1.82, 2.24) is 9.62 Å². The highest BCUT2D eigenvalue weighted by atomic mass is 32.2. The van der Waals surface area contributed by atoms with Crippen LogP contribution in [0.15, 0.2) is 53.4 Å². The molecule has 0 radical (unpaired) electrons. The van der Waals surface area contributed by atoms with Crippen LogP contribution >= 0.6 is 0 Å². The topological polar surface area (TPSA) is 66.5 Å². The van der Waals surface area contributed by atoms with Crippen LogP contribution in [0.1, 0.15) is 29.5 Å². The first-order valence-electron chi connectivity index (χ1n) is 9.24. The van der Waals surface area contributed by atoms with E-state index in [1.807, 2.05) is 50.2 Å². The molecule has 0 bridgehead atoms. The molecule has 1 amide bonds. The summed E-state index contributed by atoms with van der Waals surface area (Å²) in [5, 5.41) is 2.92. The molecule has 0 unspecified atom stereocenters. The standard InChI is InChI=1S/C21H26N2O3S/c1-16-8-9-20(12-17(16)2)27(25,26)23-11-10-19(15-23)13-21(24)22-14-18-6-4-3-5-7-18/h3-9,12,19H,10-11,13-15H2,1-2H3,(H,22,24)/t19-/m1/s1. The van der Waals surface area contributed by atoms with E-state index in [2.05, 4.69) is 5.32 Å². The van der Waals surface area contributed by atoms with Crippen LogP contribution in [0.2, 0.25) is 0 Å². The van der Waals surface area contributed by atoms with Crippen LogP contribution in [0.4, 0.5) is 0 Å². The van der Waals surface area contributed by atoms with Crippen molar-refractivity contribution < 1.29 is 13.2 Å². The van der Waals surface area contributed by atoms with E-state index in [4.69, 9.17) is 0 Å². The second-order valence-corrected chi connectivity index (χ2v) is 9.17.